The van der Waals surface area contributed by atoms with E-state index in [1.165, 1.54) is 0 Å². The lowest BCUT2D eigenvalue weighted by Crippen LogP contribution is -2.44. The largest absolute Gasteiger partial charge is 0.481 e. The summed E-state index contributed by atoms with van der Waals surface area (Å²) in [7, 11) is 0. The summed E-state index contributed by atoms with van der Waals surface area (Å²) >= 11 is 0. The summed E-state index contributed by atoms with van der Waals surface area (Å²) in [6.45, 7) is 6.00. The number of aliphatic carboxylic acids is 1. The fourth-order valence-electron chi connectivity index (χ4n) is 2.02. The van der Waals surface area contributed by atoms with E-state index in [0.29, 0.717) is 0 Å². The van der Waals surface area contributed by atoms with Gasteiger partial charge in [-0.25, -0.2) is 0 Å². The highest BCUT2D eigenvalue weighted by Crippen LogP contribution is 2.25. The quantitative estimate of drug-likeness (QED) is 0.801. The van der Waals surface area contributed by atoms with Crippen LogP contribution in [0.5, 0.6) is 0 Å². The van der Waals surface area contributed by atoms with E-state index >= 15 is 0 Å². The number of hydrogen-bond acceptors (Lipinski definition) is 2. The van der Waals surface area contributed by atoms with Crippen LogP contribution in [0.2, 0.25) is 0 Å². The smallest absolute Gasteiger partial charge is 0.309 e. The maximum Gasteiger partial charge on any atom is 0.309 e. The van der Waals surface area contributed by atoms with Gasteiger partial charge in [0.2, 0.25) is 5.91 Å². The summed E-state index contributed by atoms with van der Waals surface area (Å²) in [5, 5.41) is 8.98. The van der Waals surface area contributed by atoms with Crippen LogP contribution < -0.4 is 0 Å². The number of carbonyl (C=O) groups is 2. The van der Waals surface area contributed by atoms with Crippen molar-refractivity contribution in [2.45, 2.75) is 52.5 Å². The van der Waals surface area contributed by atoms with E-state index in [1.807, 2.05) is 11.8 Å². The van der Waals surface area contributed by atoms with Gasteiger partial charge in [-0.2, -0.15) is 0 Å². The zero-order valence-electron chi connectivity index (χ0n) is 10.3. The molecule has 1 aliphatic rings. The Bertz CT molecular complexity index is 286. The van der Waals surface area contributed by atoms with E-state index in [0.717, 1.165) is 25.8 Å². The molecule has 1 rings (SSSR count). The molecule has 0 spiro atoms. The fourth-order valence-corrected chi connectivity index (χ4v) is 2.02. The first-order valence-corrected chi connectivity index (χ1v) is 5.87. The van der Waals surface area contributed by atoms with E-state index < -0.39 is 11.4 Å². The van der Waals surface area contributed by atoms with Crippen molar-refractivity contribution in [3.63, 3.8) is 0 Å². The van der Waals surface area contributed by atoms with Crippen molar-refractivity contribution in [2.24, 2.45) is 5.41 Å². The molecule has 1 heterocycles. The SMILES string of the molecule is CC1CCCCN1C(=O)CC(C)(C)C(=O)O. The van der Waals surface area contributed by atoms with Gasteiger partial charge >= 0.3 is 5.97 Å². The molecule has 0 aliphatic carbocycles. The lowest BCUT2D eigenvalue weighted by molar-refractivity contribution is -0.152. The molecular formula is C12H21NO3. The molecular weight excluding hydrogens is 206 g/mol. The topological polar surface area (TPSA) is 57.6 Å². The van der Waals surface area contributed by atoms with Gasteiger partial charge in [-0.15, -0.1) is 0 Å². The molecule has 1 atom stereocenters. The number of rotatable bonds is 3. The Balaban J connectivity index is 2.61. The third-order valence-corrected chi connectivity index (χ3v) is 3.30. The predicted molar refractivity (Wildman–Crippen MR) is 61.1 cm³/mol. The number of amides is 1. The number of nitrogens with zero attached hydrogens (tertiary/aromatic N) is 1. The molecule has 0 saturated carbocycles. The monoisotopic (exact) mass is 227 g/mol. The minimum Gasteiger partial charge on any atom is -0.481 e. The molecule has 0 aromatic heterocycles. The number of piperidine rings is 1. The highest BCUT2D eigenvalue weighted by atomic mass is 16.4. The first-order chi connectivity index (χ1) is 7.34. The van der Waals surface area contributed by atoms with Crippen molar-refractivity contribution in [1.29, 1.82) is 0 Å². The molecule has 16 heavy (non-hydrogen) atoms. The average Bonchev–Trinajstić information content (AvgIpc) is 2.17. The fraction of sp³-hybridized carbons (Fsp3) is 0.833. The lowest BCUT2D eigenvalue weighted by Gasteiger charge is -2.35. The molecule has 0 radical (unpaired) electrons. The second kappa shape index (κ2) is 4.85. The first-order valence-electron chi connectivity index (χ1n) is 5.87. The number of carbonyl (C=O) groups excluding carboxylic acids is 1. The maximum absolute atomic E-state index is 12.0. The van der Waals surface area contributed by atoms with Crippen molar-refractivity contribution in [1.82, 2.24) is 4.90 Å². The van der Waals surface area contributed by atoms with Crippen LogP contribution in [0.4, 0.5) is 0 Å². The van der Waals surface area contributed by atoms with Crippen molar-refractivity contribution < 1.29 is 14.7 Å². The first kappa shape index (κ1) is 13.0. The highest BCUT2D eigenvalue weighted by molar-refractivity contribution is 5.84. The average molecular weight is 227 g/mol. The van der Waals surface area contributed by atoms with Crippen LogP contribution in [0.1, 0.15) is 46.5 Å². The van der Waals surface area contributed by atoms with Crippen LogP contribution in [0.25, 0.3) is 0 Å². The highest BCUT2D eigenvalue weighted by Gasteiger charge is 2.33. The molecule has 0 aromatic rings. The minimum atomic E-state index is -0.964. The zero-order chi connectivity index (χ0) is 12.3. The Hall–Kier alpha value is -1.06. The number of likely N-dealkylation sites (tertiary alicyclic amines) is 1. The van der Waals surface area contributed by atoms with E-state index in [4.69, 9.17) is 5.11 Å². The number of carboxylic acid groups (broad SMARTS) is 1. The van der Waals surface area contributed by atoms with Gasteiger partial charge in [-0.3, -0.25) is 9.59 Å². The lowest BCUT2D eigenvalue weighted by atomic mass is 9.88. The van der Waals surface area contributed by atoms with Gasteiger partial charge in [-0.1, -0.05) is 0 Å². The Morgan fingerprint density at radius 3 is 2.50 bits per heavy atom. The van der Waals surface area contributed by atoms with Gasteiger partial charge in [-0.05, 0) is 40.0 Å². The summed E-state index contributed by atoms with van der Waals surface area (Å²) in [6, 6.07) is 0.255. The molecule has 1 unspecified atom stereocenters. The Morgan fingerprint density at radius 1 is 1.38 bits per heavy atom. The van der Waals surface area contributed by atoms with Gasteiger partial charge in [0.15, 0.2) is 0 Å². The standard InChI is InChI=1S/C12H21NO3/c1-9-6-4-5-7-13(9)10(14)8-12(2,3)11(15)16/h9H,4-8H2,1-3H3,(H,15,16). The van der Waals surface area contributed by atoms with Crippen molar-refractivity contribution in [2.75, 3.05) is 6.54 Å². The minimum absolute atomic E-state index is 0.0281. The third kappa shape index (κ3) is 2.97. The molecule has 1 N–H and O–H groups in total. The van der Waals surface area contributed by atoms with E-state index in [2.05, 4.69) is 0 Å². The molecule has 4 nitrogen and oxygen atoms in total. The van der Waals surface area contributed by atoms with Crippen LogP contribution in [0, 0.1) is 5.41 Å². The zero-order valence-corrected chi connectivity index (χ0v) is 10.3. The van der Waals surface area contributed by atoms with E-state index in [1.54, 1.807) is 13.8 Å². The normalized spacial score (nSPS) is 21.9. The van der Waals surface area contributed by atoms with Crippen LogP contribution >= 0.6 is 0 Å². The number of carboxylic acids is 1. The summed E-state index contributed by atoms with van der Waals surface area (Å²) in [5.74, 6) is -0.940. The Labute approximate surface area is 96.6 Å². The molecule has 92 valence electrons. The van der Waals surface area contributed by atoms with Crippen LogP contribution in [0.15, 0.2) is 0 Å². The van der Waals surface area contributed by atoms with Crippen LogP contribution in [-0.2, 0) is 9.59 Å². The van der Waals surface area contributed by atoms with Crippen LogP contribution in [0.3, 0.4) is 0 Å². The van der Waals surface area contributed by atoms with Gasteiger partial charge in [0, 0.05) is 19.0 Å². The summed E-state index contributed by atoms with van der Waals surface area (Å²) in [4.78, 5) is 24.8. The molecule has 4 heteroatoms. The van der Waals surface area contributed by atoms with E-state index in [-0.39, 0.29) is 18.4 Å². The summed E-state index contributed by atoms with van der Waals surface area (Å²) in [5.41, 5.74) is -0.964. The summed E-state index contributed by atoms with van der Waals surface area (Å²) < 4.78 is 0. The molecule has 0 aromatic carbocycles. The maximum atomic E-state index is 12.0. The molecule has 1 amide bonds. The predicted octanol–water partition coefficient (Wildman–Crippen LogP) is 1.89. The molecule has 0 bridgehead atoms. The Morgan fingerprint density at radius 2 is 2.00 bits per heavy atom. The second-order valence-electron chi connectivity index (χ2n) is 5.30. The van der Waals surface area contributed by atoms with Gasteiger partial charge in [0.05, 0.1) is 5.41 Å². The van der Waals surface area contributed by atoms with Crippen molar-refractivity contribution in [3.8, 4) is 0 Å². The van der Waals surface area contributed by atoms with E-state index in [9.17, 15) is 9.59 Å². The van der Waals surface area contributed by atoms with Gasteiger partial charge < -0.3 is 10.0 Å². The second-order valence-corrected chi connectivity index (χ2v) is 5.30. The third-order valence-electron chi connectivity index (χ3n) is 3.30. The summed E-state index contributed by atoms with van der Waals surface area (Å²) in [6.07, 6.45) is 3.31. The van der Waals surface area contributed by atoms with Crippen LogP contribution in [-0.4, -0.2) is 34.5 Å². The molecule has 1 aliphatic heterocycles. The van der Waals surface area contributed by atoms with Crippen molar-refractivity contribution in [3.05, 3.63) is 0 Å². The van der Waals surface area contributed by atoms with Crippen molar-refractivity contribution >= 4 is 11.9 Å². The molecule has 1 fully saturated rings. The molecule has 1 saturated heterocycles. The number of hydrogen-bond donors (Lipinski definition) is 1. The van der Waals surface area contributed by atoms with Gasteiger partial charge in [0.25, 0.3) is 0 Å². The Kier molecular flexibility index (Phi) is 3.94. The van der Waals surface area contributed by atoms with Gasteiger partial charge in [0.1, 0.15) is 0 Å².